The molecule has 0 saturated carbocycles. The van der Waals surface area contributed by atoms with Crippen molar-refractivity contribution >= 4 is 33.0 Å². The normalized spacial score (nSPS) is 16.1. The van der Waals surface area contributed by atoms with E-state index in [-0.39, 0.29) is 5.91 Å². The van der Waals surface area contributed by atoms with Crippen molar-refractivity contribution in [3.63, 3.8) is 0 Å². The maximum atomic E-state index is 13.0. The van der Waals surface area contributed by atoms with Crippen molar-refractivity contribution in [3.05, 3.63) is 46.8 Å². The van der Waals surface area contributed by atoms with E-state index in [1.807, 2.05) is 0 Å². The van der Waals surface area contributed by atoms with Gasteiger partial charge in [-0.2, -0.15) is 4.31 Å². The molecule has 1 amide bonds. The van der Waals surface area contributed by atoms with Crippen LogP contribution >= 0.6 is 11.3 Å². The number of anilines is 1. The van der Waals surface area contributed by atoms with E-state index in [2.05, 4.69) is 41.4 Å². The van der Waals surface area contributed by atoms with Gasteiger partial charge in [-0.1, -0.05) is 17.7 Å². The van der Waals surface area contributed by atoms with Gasteiger partial charge in [-0.05, 0) is 37.6 Å². The van der Waals surface area contributed by atoms with Gasteiger partial charge >= 0.3 is 0 Å². The first-order valence-electron chi connectivity index (χ1n) is 9.01. The Labute approximate surface area is 164 Å². The standard InChI is InChI=1S/C19H25N3O3S2/c1-15-4-6-17(7-5-15)21-10-3-11-22(13-12-21)27(24,25)19-9-8-18(26-19)14-20-16(2)23/h4-9H,3,10-14H2,1-2H3,(H,20,23). The fourth-order valence-corrected chi connectivity index (χ4v) is 6.00. The summed E-state index contributed by atoms with van der Waals surface area (Å²) in [5.41, 5.74) is 2.35. The summed E-state index contributed by atoms with van der Waals surface area (Å²) in [5.74, 6) is -0.128. The van der Waals surface area contributed by atoms with Crippen molar-refractivity contribution in [3.8, 4) is 0 Å². The van der Waals surface area contributed by atoms with Gasteiger partial charge in [0.1, 0.15) is 4.21 Å². The van der Waals surface area contributed by atoms with Crippen LogP contribution in [0.2, 0.25) is 0 Å². The number of nitrogens with zero attached hydrogens (tertiary/aromatic N) is 2. The van der Waals surface area contributed by atoms with Crippen LogP contribution in [0.5, 0.6) is 0 Å². The van der Waals surface area contributed by atoms with Gasteiger partial charge in [-0.15, -0.1) is 11.3 Å². The zero-order chi connectivity index (χ0) is 19.4. The second-order valence-electron chi connectivity index (χ2n) is 6.71. The highest BCUT2D eigenvalue weighted by Gasteiger charge is 2.28. The van der Waals surface area contributed by atoms with E-state index in [0.29, 0.717) is 30.4 Å². The molecule has 2 aromatic rings. The van der Waals surface area contributed by atoms with Crippen molar-refractivity contribution in [2.75, 3.05) is 31.1 Å². The molecule has 2 heterocycles. The van der Waals surface area contributed by atoms with Gasteiger partial charge in [-0.3, -0.25) is 4.79 Å². The Morgan fingerprint density at radius 3 is 2.52 bits per heavy atom. The van der Waals surface area contributed by atoms with E-state index in [0.717, 1.165) is 23.5 Å². The van der Waals surface area contributed by atoms with E-state index in [1.54, 1.807) is 16.4 Å². The van der Waals surface area contributed by atoms with Crippen LogP contribution in [0.3, 0.4) is 0 Å². The number of nitrogens with one attached hydrogen (secondary N) is 1. The molecule has 27 heavy (non-hydrogen) atoms. The van der Waals surface area contributed by atoms with Crippen LogP contribution in [-0.4, -0.2) is 44.8 Å². The number of amides is 1. The van der Waals surface area contributed by atoms with Crippen molar-refractivity contribution in [2.24, 2.45) is 0 Å². The van der Waals surface area contributed by atoms with Crippen LogP contribution in [0.15, 0.2) is 40.6 Å². The van der Waals surface area contributed by atoms with Crippen LogP contribution in [0, 0.1) is 6.92 Å². The Morgan fingerprint density at radius 2 is 1.81 bits per heavy atom. The van der Waals surface area contributed by atoms with E-state index >= 15 is 0 Å². The zero-order valence-corrected chi connectivity index (χ0v) is 17.3. The molecule has 0 unspecified atom stereocenters. The molecule has 0 aliphatic carbocycles. The van der Waals surface area contributed by atoms with Crippen LogP contribution in [0.1, 0.15) is 23.8 Å². The molecule has 1 aliphatic heterocycles. The molecule has 1 aliphatic rings. The lowest BCUT2D eigenvalue weighted by molar-refractivity contribution is -0.119. The number of carbonyl (C=O) groups is 1. The number of benzene rings is 1. The summed E-state index contributed by atoms with van der Waals surface area (Å²) >= 11 is 1.22. The SMILES string of the molecule is CC(=O)NCc1ccc(S(=O)(=O)N2CCCN(c3ccc(C)cc3)CC2)s1. The predicted octanol–water partition coefficient (Wildman–Crippen LogP) is 2.59. The molecule has 6 nitrogen and oxygen atoms in total. The van der Waals surface area contributed by atoms with Crippen LogP contribution in [0.25, 0.3) is 0 Å². The van der Waals surface area contributed by atoms with E-state index in [9.17, 15) is 13.2 Å². The Balaban J connectivity index is 1.68. The van der Waals surface area contributed by atoms with Gasteiger partial charge in [0.05, 0.1) is 6.54 Å². The second kappa shape index (κ2) is 8.41. The van der Waals surface area contributed by atoms with E-state index < -0.39 is 10.0 Å². The Hall–Kier alpha value is -1.90. The molecular weight excluding hydrogens is 382 g/mol. The molecule has 1 N–H and O–H groups in total. The first kappa shape index (κ1) is 19.9. The molecular formula is C19H25N3O3S2. The highest BCUT2D eigenvalue weighted by Crippen LogP contribution is 2.26. The Morgan fingerprint density at radius 1 is 1.07 bits per heavy atom. The molecule has 3 rings (SSSR count). The molecule has 1 saturated heterocycles. The second-order valence-corrected chi connectivity index (χ2v) is 10.0. The molecule has 8 heteroatoms. The predicted molar refractivity (Wildman–Crippen MR) is 109 cm³/mol. The first-order valence-corrected chi connectivity index (χ1v) is 11.3. The maximum absolute atomic E-state index is 13.0. The largest absolute Gasteiger partial charge is 0.370 e. The molecule has 0 radical (unpaired) electrons. The van der Waals surface area contributed by atoms with Gasteiger partial charge < -0.3 is 10.2 Å². The van der Waals surface area contributed by atoms with Gasteiger partial charge in [0.2, 0.25) is 5.91 Å². The van der Waals surface area contributed by atoms with E-state index in [4.69, 9.17) is 0 Å². The first-order chi connectivity index (χ1) is 12.9. The number of hydrogen-bond acceptors (Lipinski definition) is 5. The van der Waals surface area contributed by atoms with Crippen molar-refractivity contribution in [1.29, 1.82) is 0 Å². The number of sulfonamides is 1. The number of carbonyl (C=O) groups excluding carboxylic acids is 1. The van der Waals surface area contributed by atoms with Crippen LogP contribution in [-0.2, 0) is 21.4 Å². The summed E-state index contributed by atoms with van der Waals surface area (Å²) in [4.78, 5) is 14.1. The maximum Gasteiger partial charge on any atom is 0.252 e. The van der Waals surface area contributed by atoms with Crippen LogP contribution in [0.4, 0.5) is 5.69 Å². The van der Waals surface area contributed by atoms with Crippen LogP contribution < -0.4 is 10.2 Å². The number of rotatable bonds is 5. The number of thiophene rings is 1. The molecule has 146 valence electrons. The zero-order valence-electron chi connectivity index (χ0n) is 15.6. The summed E-state index contributed by atoms with van der Waals surface area (Å²) in [6, 6.07) is 11.7. The Bertz CT molecular complexity index is 891. The van der Waals surface area contributed by atoms with Crippen molar-refractivity contribution in [1.82, 2.24) is 9.62 Å². The van der Waals surface area contributed by atoms with E-state index in [1.165, 1.54) is 23.8 Å². The summed E-state index contributed by atoms with van der Waals surface area (Å²) in [5, 5.41) is 2.70. The average Bonchev–Trinajstić information content (AvgIpc) is 2.98. The smallest absolute Gasteiger partial charge is 0.252 e. The lowest BCUT2D eigenvalue weighted by Gasteiger charge is -2.23. The highest BCUT2D eigenvalue weighted by molar-refractivity contribution is 7.91. The number of aryl methyl sites for hydroxylation is 1. The minimum Gasteiger partial charge on any atom is -0.370 e. The van der Waals surface area contributed by atoms with Gasteiger partial charge in [-0.25, -0.2) is 8.42 Å². The number of hydrogen-bond donors (Lipinski definition) is 1. The molecule has 1 aromatic heterocycles. The molecule has 0 bridgehead atoms. The molecule has 1 fully saturated rings. The molecule has 0 spiro atoms. The third-order valence-corrected chi connectivity index (χ3v) is 8.05. The quantitative estimate of drug-likeness (QED) is 0.827. The van der Waals surface area contributed by atoms with Crippen molar-refractivity contribution < 1.29 is 13.2 Å². The van der Waals surface area contributed by atoms with Gasteiger partial charge in [0.15, 0.2) is 0 Å². The Kier molecular flexibility index (Phi) is 6.18. The van der Waals surface area contributed by atoms with Gasteiger partial charge in [0.25, 0.3) is 10.0 Å². The lowest BCUT2D eigenvalue weighted by Crippen LogP contribution is -2.34. The molecule has 0 atom stereocenters. The summed E-state index contributed by atoms with van der Waals surface area (Å²) in [7, 11) is -3.50. The summed E-state index contributed by atoms with van der Waals surface area (Å²) in [6.07, 6.45) is 0.789. The third kappa shape index (κ3) is 4.88. The average molecular weight is 408 g/mol. The summed E-state index contributed by atoms with van der Waals surface area (Å²) in [6.45, 7) is 6.36. The fourth-order valence-electron chi connectivity index (χ4n) is 3.08. The minimum absolute atomic E-state index is 0.128. The topological polar surface area (TPSA) is 69.7 Å². The fraction of sp³-hybridized carbons (Fsp3) is 0.421. The summed E-state index contributed by atoms with van der Waals surface area (Å²) < 4.78 is 27.9. The molecule has 1 aromatic carbocycles. The van der Waals surface area contributed by atoms with Crippen molar-refractivity contribution in [2.45, 2.75) is 31.0 Å². The lowest BCUT2D eigenvalue weighted by atomic mass is 10.2. The monoisotopic (exact) mass is 407 g/mol. The van der Waals surface area contributed by atoms with Gasteiger partial charge in [0, 0.05) is 43.7 Å². The third-order valence-electron chi connectivity index (χ3n) is 4.60. The highest BCUT2D eigenvalue weighted by atomic mass is 32.2. The minimum atomic E-state index is -3.50.